The first-order chi connectivity index (χ1) is 13.2. The van der Waals surface area contributed by atoms with Crippen LogP contribution in [-0.2, 0) is 4.74 Å². The minimum Gasteiger partial charge on any atom is -0.377 e. The zero-order valence-corrected chi connectivity index (χ0v) is 15.8. The average Bonchev–Trinajstić information content (AvgIpc) is 3.35. The van der Waals surface area contributed by atoms with Gasteiger partial charge in [-0.3, -0.25) is 4.79 Å². The minimum absolute atomic E-state index is 0.147. The summed E-state index contributed by atoms with van der Waals surface area (Å²) in [6.45, 7) is 5.95. The van der Waals surface area contributed by atoms with Gasteiger partial charge in [-0.15, -0.1) is 5.10 Å². The molecule has 1 aromatic carbocycles. The molecular weight excluding hydrogens is 342 g/mol. The van der Waals surface area contributed by atoms with Crippen LogP contribution < -0.4 is 5.32 Å². The first-order valence-electron chi connectivity index (χ1n) is 9.81. The molecule has 2 saturated heterocycles. The van der Waals surface area contributed by atoms with Crippen molar-refractivity contribution in [3.05, 3.63) is 41.7 Å². The molecule has 2 aromatic rings. The second-order valence-corrected chi connectivity index (χ2v) is 7.57. The topological polar surface area (TPSA) is 72.3 Å². The lowest BCUT2D eigenvalue weighted by Crippen LogP contribution is -2.46. The number of carbonyl (C=O) groups is 1. The standard InChI is InChI=1S/C20H27N5O2/c1-15-4-2-5-17(12-15)25-14-19(22-23-25)20(26)21-16-7-9-24(10-8-16)13-18-6-3-11-27-18/h2,4-5,12,14,16,18H,3,6-11,13H2,1H3,(H,21,26). The van der Waals surface area contributed by atoms with E-state index in [0.717, 1.165) is 50.3 Å². The van der Waals surface area contributed by atoms with Crippen LogP contribution in [0.3, 0.4) is 0 Å². The van der Waals surface area contributed by atoms with E-state index in [0.29, 0.717) is 11.8 Å². The molecule has 7 nitrogen and oxygen atoms in total. The van der Waals surface area contributed by atoms with Crippen molar-refractivity contribution in [2.45, 2.75) is 44.8 Å². The van der Waals surface area contributed by atoms with Crippen LogP contribution in [0.1, 0.15) is 41.7 Å². The van der Waals surface area contributed by atoms with Crippen LogP contribution in [0.15, 0.2) is 30.5 Å². The maximum Gasteiger partial charge on any atom is 0.273 e. The van der Waals surface area contributed by atoms with Crippen LogP contribution in [-0.4, -0.2) is 64.2 Å². The Morgan fingerprint density at radius 3 is 2.89 bits per heavy atom. The molecular formula is C20H27N5O2. The van der Waals surface area contributed by atoms with E-state index >= 15 is 0 Å². The Bertz CT molecular complexity index is 776. The highest BCUT2D eigenvalue weighted by molar-refractivity contribution is 5.92. The summed E-state index contributed by atoms with van der Waals surface area (Å²) in [6, 6.07) is 8.16. The van der Waals surface area contributed by atoms with E-state index in [4.69, 9.17) is 4.74 Å². The van der Waals surface area contributed by atoms with Crippen molar-refractivity contribution in [2.24, 2.45) is 0 Å². The SMILES string of the molecule is Cc1cccc(-n2cc(C(=O)NC3CCN(CC4CCCO4)CC3)nn2)c1. The number of ether oxygens (including phenoxy) is 1. The van der Waals surface area contributed by atoms with Crippen molar-refractivity contribution >= 4 is 5.91 Å². The molecule has 1 atom stereocenters. The van der Waals surface area contributed by atoms with Gasteiger partial charge in [0, 0.05) is 32.3 Å². The van der Waals surface area contributed by atoms with Gasteiger partial charge in [-0.1, -0.05) is 17.3 Å². The maximum atomic E-state index is 12.5. The summed E-state index contributed by atoms with van der Waals surface area (Å²) < 4.78 is 7.37. The molecule has 1 amide bonds. The third-order valence-electron chi connectivity index (χ3n) is 5.40. The summed E-state index contributed by atoms with van der Waals surface area (Å²) in [5, 5.41) is 11.3. The quantitative estimate of drug-likeness (QED) is 0.872. The van der Waals surface area contributed by atoms with Gasteiger partial charge in [-0.05, 0) is 50.3 Å². The maximum absolute atomic E-state index is 12.5. The number of hydrogen-bond donors (Lipinski definition) is 1. The highest BCUT2D eigenvalue weighted by atomic mass is 16.5. The van der Waals surface area contributed by atoms with E-state index in [1.165, 1.54) is 12.8 Å². The number of benzene rings is 1. The van der Waals surface area contributed by atoms with Gasteiger partial charge in [-0.25, -0.2) is 4.68 Å². The number of aromatic nitrogens is 3. The molecule has 1 N–H and O–H groups in total. The summed E-state index contributed by atoms with van der Waals surface area (Å²) in [6.07, 6.45) is 6.37. The van der Waals surface area contributed by atoms with Crippen LogP contribution in [0.25, 0.3) is 5.69 Å². The fraction of sp³-hybridized carbons (Fsp3) is 0.550. The lowest BCUT2D eigenvalue weighted by atomic mass is 10.0. The molecule has 4 rings (SSSR count). The Morgan fingerprint density at radius 1 is 1.30 bits per heavy atom. The van der Waals surface area contributed by atoms with Gasteiger partial charge in [0.15, 0.2) is 5.69 Å². The Morgan fingerprint density at radius 2 is 2.15 bits per heavy atom. The van der Waals surface area contributed by atoms with Gasteiger partial charge in [-0.2, -0.15) is 0 Å². The highest BCUT2D eigenvalue weighted by Gasteiger charge is 2.25. The second kappa shape index (κ2) is 8.19. The first-order valence-corrected chi connectivity index (χ1v) is 9.81. The predicted octanol–water partition coefficient (Wildman–Crippen LogP) is 1.95. The van der Waals surface area contributed by atoms with Crippen molar-refractivity contribution in [1.29, 1.82) is 0 Å². The summed E-state index contributed by atoms with van der Waals surface area (Å²) >= 11 is 0. The molecule has 0 saturated carbocycles. The van der Waals surface area contributed by atoms with Crippen LogP contribution in [0, 0.1) is 6.92 Å². The average molecular weight is 369 g/mol. The molecule has 2 aliphatic heterocycles. The van der Waals surface area contributed by atoms with E-state index in [1.54, 1.807) is 10.9 Å². The summed E-state index contributed by atoms with van der Waals surface area (Å²) in [5.74, 6) is -0.147. The van der Waals surface area contributed by atoms with Crippen molar-refractivity contribution in [2.75, 3.05) is 26.2 Å². The van der Waals surface area contributed by atoms with Crippen LogP contribution in [0.5, 0.6) is 0 Å². The number of nitrogens with zero attached hydrogens (tertiary/aromatic N) is 4. The fourth-order valence-corrected chi connectivity index (χ4v) is 3.86. The van der Waals surface area contributed by atoms with Crippen LogP contribution >= 0.6 is 0 Å². The lowest BCUT2D eigenvalue weighted by molar-refractivity contribution is 0.0612. The number of amides is 1. The number of piperidine rings is 1. The van der Waals surface area contributed by atoms with E-state index in [2.05, 4.69) is 20.5 Å². The molecule has 27 heavy (non-hydrogen) atoms. The first kappa shape index (κ1) is 18.1. The van der Waals surface area contributed by atoms with Crippen molar-refractivity contribution in [1.82, 2.24) is 25.2 Å². The Hall–Kier alpha value is -2.25. The van der Waals surface area contributed by atoms with E-state index < -0.39 is 0 Å². The summed E-state index contributed by atoms with van der Waals surface area (Å²) in [7, 11) is 0. The molecule has 1 aromatic heterocycles. The number of carbonyl (C=O) groups excluding carboxylic acids is 1. The minimum atomic E-state index is -0.147. The van der Waals surface area contributed by atoms with Gasteiger partial charge in [0.25, 0.3) is 5.91 Å². The second-order valence-electron chi connectivity index (χ2n) is 7.57. The van der Waals surface area contributed by atoms with Gasteiger partial charge >= 0.3 is 0 Å². The van der Waals surface area contributed by atoms with E-state index in [1.807, 2.05) is 31.2 Å². The van der Waals surface area contributed by atoms with Crippen molar-refractivity contribution in [3.63, 3.8) is 0 Å². The number of rotatable bonds is 5. The Labute approximate surface area is 159 Å². The highest BCUT2D eigenvalue weighted by Crippen LogP contribution is 2.17. The third kappa shape index (κ3) is 4.54. The van der Waals surface area contributed by atoms with Crippen molar-refractivity contribution in [3.8, 4) is 5.69 Å². The number of hydrogen-bond acceptors (Lipinski definition) is 5. The van der Waals surface area contributed by atoms with Crippen LogP contribution in [0.2, 0.25) is 0 Å². The zero-order chi connectivity index (χ0) is 18.6. The van der Waals surface area contributed by atoms with E-state index in [9.17, 15) is 4.79 Å². The zero-order valence-electron chi connectivity index (χ0n) is 15.8. The molecule has 2 aliphatic rings. The van der Waals surface area contributed by atoms with E-state index in [-0.39, 0.29) is 11.9 Å². The molecule has 0 aliphatic carbocycles. The monoisotopic (exact) mass is 369 g/mol. The molecule has 0 radical (unpaired) electrons. The number of aryl methyl sites for hydroxylation is 1. The molecule has 2 fully saturated rings. The molecule has 0 spiro atoms. The molecule has 7 heteroatoms. The summed E-state index contributed by atoms with van der Waals surface area (Å²) in [4.78, 5) is 15.0. The lowest BCUT2D eigenvalue weighted by Gasteiger charge is -2.33. The molecule has 3 heterocycles. The third-order valence-corrected chi connectivity index (χ3v) is 5.40. The van der Waals surface area contributed by atoms with Gasteiger partial charge in [0.05, 0.1) is 18.0 Å². The number of nitrogens with one attached hydrogen (secondary N) is 1. The number of likely N-dealkylation sites (tertiary alicyclic amines) is 1. The Kier molecular flexibility index (Phi) is 5.50. The van der Waals surface area contributed by atoms with Crippen LogP contribution in [0.4, 0.5) is 0 Å². The normalized spacial score (nSPS) is 21.4. The van der Waals surface area contributed by atoms with Gasteiger partial charge in [0.1, 0.15) is 0 Å². The Balaban J connectivity index is 1.28. The van der Waals surface area contributed by atoms with Gasteiger partial charge in [0.2, 0.25) is 0 Å². The van der Waals surface area contributed by atoms with Gasteiger partial charge < -0.3 is 15.0 Å². The molecule has 0 bridgehead atoms. The largest absolute Gasteiger partial charge is 0.377 e. The predicted molar refractivity (Wildman–Crippen MR) is 102 cm³/mol. The fourth-order valence-electron chi connectivity index (χ4n) is 3.86. The summed E-state index contributed by atoms with van der Waals surface area (Å²) in [5.41, 5.74) is 2.41. The molecule has 1 unspecified atom stereocenters. The smallest absolute Gasteiger partial charge is 0.273 e. The molecule has 144 valence electrons. The van der Waals surface area contributed by atoms with Crippen molar-refractivity contribution < 1.29 is 9.53 Å².